The molecular weight excluding hydrogens is 335 g/mol. The van der Waals surface area contributed by atoms with Gasteiger partial charge < -0.3 is 10.0 Å². The van der Waals surface area contributed by atoms with Crippen molar-refractivity contribution in [2.75, 3.05) is 6.54 Å². The zero-order chi connectivity index (χ0) is 18.2. The molecule has 0 bridgehead atoms. The predicted molar refractivity (Wildman–Crippen MR) is 83.7 cm³/mol. The Labute approximate surface area is 142 Å². The fourth-order valence-corrected chi connectivity index (χ4v) is 3.09. The standard InChI is InChI=1S/C17H18F3N3O2/c1-2-22-9-12(8-21-22)16(25)23-10-14(24)7-15(23)11-4-3-5-13(6-11)17(18,19)20/h3-6,8-9,14-15,24H,2,7,10H2,1H3/t14-,15+/m0/s1. The van der Waals surface area contributed by atoms with Gasteiger partial charge in [0.2, 0.25) is 0 Å². The highest BCUT2D eigenvalue weighted by molar-refractivity contribution is 5.94. The number of carbonyl (C=O) groups is 1. The second kappa shape index (κ2) is 6.51. The van der Waals surface area contributed by atoms with Crippen molar-refractivity contribution in [1.29, 1.82) is 0 Å². The molecule has 1 N–H and O–H groups in total. The van der Waals surface area contributed by atoms with E-state index in [-0.39, 0.29) is 18.9 Å². The minimum atomic E-state index is -4.45. The zero-order valence-corrected chi connectivity index (χ0v) is 13.6. The van der Waals surface area contributed by atoms with Gasteiger partial charge >= 0.3 is 6.18 Å². The largest absolute Gasteiger partial charge is 0.416 e. The van der Waals surface area contributed by atoms with Crippen LogP contribution in [0.2, 0.25) is 0 Å². The molecule has 8 heteroatoms. The number of nitrogens with zero attached hydrogens (tertiary/aromatic N) is 3. The molecule has 134 valence electrons. The molecule has 5 nitrogen and oxygen atoms in total. The molecule has 1 amide bonds. The summed E-state index contributed by atoms with van der Waals surface area (Å²) in [5, 5.41) is 14.0. The van der Waals surface area contributed by atoms with E-state index in [2.05, 4.69) is 5.10 Å². The summed E-state index contributed by atoms with van der Waals surface area (Å²) in [6.45, 7) is 2.57. The van der Waals surface area contributed by atoms with Gasteiger partial charge in [0.15, 0.2) is 0 Å². The first-order valence-electron chi connectivity index (χ1n) is 7.98. The van der Waals surface area contributed by atoms with E-state index in [0.29, 0.717) is 17.7 Å². The molecule has 1 saturated heterocycles. The molecule has 2 heterocycles. The van der Waals surface area contributed by atoms with E-state index in [1.165, 1.54) is 17.2 Å². The van der Waals surface area contributed by atoms with E-state index in [4.69, 9.17) is 0 Å². The van der Waals surface area contributed by atoms with Gasteiger partial charge in [-0.25, -0.2) is 0 Å². The first-order valence-corrected chi connectivity index (χ1v) is 7.98. The number of aryl methyl sites for hydroxylation is 1. The summed E-state index contributed by atoms with van der Waals surface area (Å²) in [4.78, 5) is 14.1. The van der Waals surface area contributed by atoms with Gasteiger partial charge in [-0.1, -0.05) is 12.1 Å². The number of alkyl halides is 3. The van der Waals surface area contributed by atoms with Gasteiger partial charge in [-0.2, -0.15) is 18.3 Å². The van der Waals surface area contributed by atoms with Gasteiger partial charge in [0.25, 0.3) is 5.91 Å². The Bertz CT molecular complexity index is 772. The van der Waals surface area contributed by atoms with Gasteiger partial charge in [0, 0.05) is 19.3 Å². The van der Waals surface area contributed by atoms with E-state index in [1.807, 2.05) is 6.92 Å². The number of aromatic nitrogens is 2. The average Bonchev–Trinajstić information content (AvgIpc) is 3.20. The zero-order valence-electron chi connectivity index (χ0n) is 13.6. The van der Waals surface area contributed by atoms with Crippen molar-refractivity contribution in [3.8, 4) is 0 Å². The van der Waals surface area contributed by atoms with Crippen molar-refractivity contribution in [2.24, 2.45) is 0 Å². The minimum Gasteiger partial charge on any atom is -0.391 e. The second-order valence-corrected chi connectivity index (χ2v) is 6.07. The van der Waals surface area contributed by atoms with Crippen LogP contribution in [0.15, 0.2) is 36.7 Å². The number of aliphatic hydroxyl groups is 1. The van der Waals surface area contributed by atoms with Crippen LogP contribution >= 0.6 is 0 Å². The van der Waals surface area contributed by atoms with Crippen LogP contribution < -0.4 is 0 Å². The van der Waals surface area contributed by atoms with E-state index in [0.717, 1.165) is 12.1 Å². The topological polar surface area (TPSA) is 58.4 Å². The van der Waals surface area contributed by atoms with Crippen molar-refractivity contribution in [3.63, 3.8) is 0 Å². The molecule has 2 aromatic rings. The first kappa shape index (κ1) is 17.5. The molecular formula is C17H18F3N3O2. The molecule has 2 atom stereocenters. The summed E-state index contributed by atoms with van der Waals surface area (Å²) >= 11 is 0. The third-order valence-electron chi connectivity index (χ3n) is 4.34. The number of halogens is 3. The summed E-state index contributed by atoms with van der Waals surface area (Å²) in [6, 6.07) is 4.30. The number of aliphatic hydroxyl groups excluding tert-OH is 1. The van der Waals surface area contributed by atoms with E-state index >= 15 is 0 Å². The molecule has 0 saturated carbocycles. The maximum atomic E-state index is 13.0. The molecule has 3 rings (SSSR count). The second-order valence-electron chi connectivity index (χ2n) is 6.07. The maximum absolute atomic E-state index is 13.0. The van der Waals surface area contributed by atoms with Crippen molar-refractivity contribution in [2.45, 2.75) is 38.2 Å². The number of likely N-dealkylation sites (tertiary alicyclic amines) is 1. The number of carbonyl (C=O) groups excluding carboxylic acids is 1. The summed E-state index contributed by atoms with van der Waals surface area (Å²) in [5.41, 5.74) is -0.0480. The number of rotatable bonds is 3. The number of hydrogen-bond donors (Lipinski definition) is 1. The van der Waals surface area contributed by atoms with Crippen LogP contribution in [0.4, 0.5) is 13.2 Å². The van der Waals surface area contributed by atoms with Gasteiger partial charge in [-0.15, -0.1) is 0 Å². The van der Waals surface area contributed by atoms with Crippen LogP contribution in [-0.2, 0) is 12.7 Å². The van der Waals surface area contributed by atoms with Gasteiger partial charge in [-0.05, 0) is 31.0 Å². The fraction of sp³-hybridized carbons (Fsp3) is 0.412. The molecule has 0 unspecified atom stereocenters. The van der Waals surface area contributed by atoms with Crippen LogP contribution in [-0.4, -0.2) is 38.3 Å². The van der Waals surface area contributed by atoms with Crippen molar-refractivity contribution < 1.29 is 23.1 Å². The SMILES string of the molecule is CCn1cc(C(=O)N2C[C@@H](O)C[C@@H]2c2cccc(C(F)(F)F)c2)cn1. The molecule has 0 spiro atoms. The fourth-order valence-electron chi connectivity index (χ4n) is 3.09. The summed E-state index contributed by atoms with van der Waals surface area (Å²) in [7, 11) is 0. The normalized spacial score (nSPS) is 20.9. The van der Waals surface area contributed by atoms with E-state index in [9.17, 15) is 23.1 Å². The van der Waals surface area contributed by atoms with Crippen LogP contribution in [0.3, 0.4) is 0 Å². The number of hydrogen-bond acceptors (Lipinski definition) is 3. The molecule has 1 aliphatic heterocycles. The van der Waals surface area contributed by atoms with Gasteiger partial charge in [0.05, 0.1) is 29.5 Å². The summed E-state index contributed by atoms with van der Waals surface area (Å²) in [6.07, 6.45) is -2.00. The Kier molecular flexibility index (Phi) is 4.55. The smallest absolute Gasteiger partial charge is 0.391 e. The van der Waals surface area contributed by atoms with Crippen LogP contribution in [0.5, 0.6) is 0 Å². The van der Waals surface area contributed by atoms with E-state index in [1.54, 1.807) is 16.9 Å². The molecule has 1 aromatic carbocycles. The highest BCUT2D eigenvalue weighted by Gasteiger charge is 2.37. The maximum Gasteiger partial charge on any atom is 0.416 e. The average molecular weight is 353 g/mol. The van der Waals surface area contributed by atoms with Crippen molar-refractivity contribution in [1.82, 2.24) is 14.7 Å². The summed E-state index contributed by atoms with van der Waals surface area (Å²) < 4.78 is 40.5. The van der Waals surface area contributed by atoms with E-state index < -0.39 is 23.9 Å². The predicted octanol–water partition coefficient (Wildman–Crippen LogP) is 2.87. The van der Waals surface area contributed by atoms with Gasteiger partial charge in [0.1, 0.15) is 0 Å². The number of benzene rings is 1. The third kappa shape index (κ3) is 3.53. The van der Waals surface area contributed by atoms with Crippen LogP contribution in [0, 0.1) is 0 Å². The van der Waals surface area contributed by atoms with Crippen molar-refractivity contribution >= 4 is 5.91 Å². The molecule has 1 aliphatic rings. The molecule has 1 aromatic heterocycles. The number of β-amino-alcohol motifs (C(OH)–C–C–N with tert-alkyl or cyclic N) is 1. The Balaban J connectivity index is 1.90. The quantitative estimate of drug-likeness (QED) is 0.923. The third-order valence-corrected chi connectivity index (χ3v) is 4.34. The minimum absolute atomic E-state index is 0.0804. The highest BCUT2D eigenvalue weighted by atomic mass is 19.4. The molecule has 1 fully saturated rings. The Morgan fingerprint density at radius 3 is 2.80 bits per heavy atom. The summed E-state index contributed by atoms with van der Waals surface area (Å²) in [5.74, 6) is -0.348. The molecule has 25 heavy (non-hydrogen) atoms. The van der Waals surface area contributed by atoms with Crippen LogP contribution in [0.1, 0.15) is 40.9 Å². The lowest BCUT2D eigenvalue weighted by atomic mass is 10.0. The Morgan fingerprint density at radius 2 is 2.16 bits per heavy atom. The molecule has 0 radical (unpaired) electrons. The Hall–Kier alpha value is -2.35. The Morgan fingerprint density at radius 1 is 1.40 bits per heavy atom. The lowest BCUT2D eigenvalue weighted by Crippen LogP contribution is -2.31. The number of amides is 1. The highest BCUT2D eigenvalue weighted by Crippen LogP contribution is 2.36. The van der Waals surface area contributed by atoms with Gasteiger partial charge in [-0.3, -0.25) is 9.48 Å². The van der Waals surface area contributed by atoms with Crippen molar-refractivity contribution in [3.05, 3.63) is 53.3 Å². The molecule has 0 aliphatic carbocycles. The lowest BCUT2D eigenvalue weighted by Gasteiger charge is -2.25. The van der Waals surface area contributed by atoms with Crippen LogP contribution in [0.25, 0.3) is 0 Å². The monoisotopic (exact) mass is 353 g/mol. The lowest BCUT2D eigenvalue weighted by molar-refractivity contribution is -0.137. The first-order chi connectivity index (χ1) is 11.8.